The van der Waals surface area contributed by atoms with Crippen molar-refractivity contribution >= 4 is 18.5 Å². The first-order chi connectivity index (χ1) is 16.0. The number of fused-ring (bicyclic) bond motifs is 5. The first-order valence-corrected chi connectivity index (χ1v) is 11.5. The van der Waals surface area contributed by atoms with E-state index in [4.69, 9.17) is 4.74 Å². The Bertz CT molecular complexity index is 1230. The molecule has 2 bridgehead atoms. The number of nitrogens with zero attached hydrogens (tertiary/aromatic N) is 3. The summed E-state index contributed by atoms with van der Waals surface area (Å²) < 4.78 is 7.83. The molecule has 3 aromatic rings. The summed E-state index contributed by atoms with van der Waals surface area (Å²) in [4.78, 5) is 27.3. The highest BCUT2D eigenvalue weighted by molar-refractivity contribution is 7.81. The van der Waals surface area contributed by atoms with Crippen LogP contribution in [0, 0.1) is 0 Å². The molecule has 0 unspecified atom stereocenters. The molecule has 0 saturated carbocycles. The summed E-state index contributed by atoms with van der Waals surface area (Å²) in [5.74, 6) is -0.153. The fourth-order valence-corrected chi connectivity index (χ4v) is 4.80. The summed E-state index contributed by atoms with van der Waals surface area (Å²) in [6, 6.07) is 18.7. The number of aromatic hydroxyl groups is 1. The van der Waals surface area contributed by atoms with Crippen LogP contribution in [-0.4, -0.2) is 45.7 Å². The molecule has 5 rings (SSSR count). The smallest absolute Gasteiger partial charge is 0.277 e. The summed E-state index contributed by atoms with van der Waals surface area (Å²) in [6.45, 7) is 1.23. The third kappa shape index (κ3) is 3.95. The van der Waals surface area contributed by atoms with Gasteiger partial charge in [0.1, 0.15) is 18.5 Å². The van der Waals surface area contributed by atoms with Gasteiger partial charge in [0.05, 0.1) is 6.61 Å². The lowest BCUT2D eigenvalue weighted by Gasteiger charge is -2.44. The monoisotopic (exact) mass is 463 g/mol. The van der Waals surface area contributed by atoms with Gasteiger partial charge in [-0.2, -0.15) is 12.6 Å². The van der Waals surface area contributed by atoms with Crippen molar-refractivity contribution in [3.63, 3.8) is 0 Å². The highest BCUT2D eigenvalue weighted by Gasteiger charge is 2.37. The zero-order valence-corrected chi connectivity index (χ0v) is 18.9. The molecule has 0 spiro atoms. The van der Waals surface area contributed by atoms with Crippen molar-refractivity contribution in [3.05, 3.63) is 93.9 Å². The number of aromatic nitrogens is 1. The first kappa shape index (κ1) is 21.5. The second-order valence-corrected chi connectivity index (χ2v) is 9.06. The van der Waals surface area contributed by atoms with Crippen molar-refractivity contribution < 1.29 is 14.6 Å². The van der Waals surface area contributed by atoms with Crippen LogP contribution in [0.15, 0.2) is 71.7 Å². The molecule has 2 aliphatic rings. The highest BCUT2D eigenvalue weighted by atomic mass is 32.1. The van der Waals surface area contributed by atoms with Gasteiger partial charge in [-0.3, -0.25) is 19.3 Å². The van der Waals surface area contributed by atoms with Crippen molar-refractivity contribution in [2.75, 3.05) is 24.8 Å². The Balaban J connectivity index is 1.76. The van der Waals surface area contributed by atoms with Crippen LogP contribution in [0.25, 0.3) is 0 Å². The maximum absolute atomic E-state index is 13.3. The van der Waals surface area contributed by atoms with Crippen molar-refractivity contribution in [1.82, 2.24) is 9.58 Å². The van der Waals surface area contributed by atoms with Gasteiger partial charge in [0.15, 0.2) is 11.4 Å². The van der Waals surface area contributed by atoms with Gasteiger partial charge in [-0.05, 0) is 24.5 Å². The minimum absolute atomic E-state index is 0.0203. The second-order valence-electron chi connectivity index (χ2n) is 8.33. The van der Waals surface area contributed by atoms with E-state index >= 15 is 0 Å². The van der Waals surface area contributed by atoms with Crippen LogP contribution in [0.5, 0.6) is 11.5 Å². The largest absolute Gasteiger partial charge is 0.502 e. The first-order valence-electron chi connectivity index (χ1n) is 11.0. The average Bonchev–Trinajstić information content (AvgIpc) is 2.83. The standard InChI is InChI=1S/C25H25N3O4S/c29-20-12-14-27-23(24(20)30)25(31)26-13-6-9-18(33)15-32-21-11-5-4-10-19(21)22(28(27)16-26)17-7-2-1-3-8-17/h1-5,7-8,10-12,14,18,22,30,33H,6,9,13,15-16H2/t18-,22+/m1/s1. The lowest BCUT2D eigenvalue weighted by molar-refractivity contribution is 0.0674. The molecule has 2 atom stereocenters. The summed E-state index contributed by atoms with van der Waals surface area (Å²) >= 11 is 4.67. The molecule has 7 nitrogen and oxygen atoms in total. The summed E-state index contributed by atoms with van der Waals surface area (Å²) in [5.41, 5.74) is 1.32. The van der Waals surface area contributed by atoms with Gasteiger partial charge >= 0.3 is 0 Å². The van der Waals surface area contributed by atoms with Crippen molar-refractivity contribution in [1.29, 1.82) is 0 Å². The molecule has 0 fully saturated rings. The molecule has 0 aliphatic carbocycles. The van der Waals surface area contributed by atoms with E-state index in [2.05, 4.69) is 12.6 Å². The van der Waals surface area contributed by atoms with E-state index in [9.17, 15) is 14.7 Å². The molecular formula is C25H25N3O4S. The maximum atomic E-state index is 13.3. The predicted molar refractivity (Wildman–Crippen MR) is 129 cm³/mol. The van der Waals surface area contributed by atoms with Gasteiger partial charge in [-0.15, -0.1) is 0 Å². The fraction of sp³-hybridized carbons (Fsp3) is 0.280. The van der Waals surface area contributed by atoms with Gasteiger partial charge < -0.3 is 14.7 Å². The topological polar surface area (TPSA) is 75.0 Å². The third-order valence-corrected chi connectivity index (χ3v) is 6.57. The molecule has 1 aromatic heterocycles. The molecule has 2 aromatic carbocycles. The fourth-order valence-electron chi connectivity index (χ4n) is 4.54. The van der Waals surface area contributed by atoms with Gasteiger partial charge in [0.2, 0.25) is 5.43 Å². The van der Waals surface area contributed by atoms with Crippen LogP contribution in [0.4, 0.5) is 0 Å². The Morgan fingerprint density at radius 3 is 2.58 bits per heavy atom. The number of rotatable bonds is 1. The van der Waals surface area contributed by atoms with Crippen LogP contribution >= 0.6 is 12.6 Å². The normalized spacial score (nSPS) is 20.7. The van der Waals surface area contributed by atoms with Gasteiger partial charge in [-0.1, -0.05) is 48.5 Å². The molecule has 2 aliphatic heterocycles. The van der Waals surface area contributed by atoms with Crippen LogP contribution in [0.3, 0.4) is 0 Å². The molecule has 0 radical (unpaired) electrons. The molecular weight excluding hydrogens is 438 g/mol. The number of para-hydroxylation sites is 1. The number of hydrogen-bond acceptors (Lipinski definition) is 6. The number of pyridine rings is 1. The van der Waals surface area contributed by atoms with E-state index in [-0.39, 0.29) is 22.9 Å². The Labute approximate surface area is 197 Å². The Kier molecular flexibility index (Phi) is 5.76. The summed E-state index contributed by atoms with van der Waals surface area (Å²) in [5, 5.41) is 12.6. The molecule has 33 heavy (non-hydrogen) atoms. The zero-order chi connectivity index (χ0) is 22.9. The molecule has 170 valence electrons. The number of benzene rings is 2. The summed E-state index contributed by atoms with van der Waals surface area (Å²) in [7, 11) is 0. The number of thiol groups is 1. The molecule has 1 N–H and O–H groups in total. The molecule has 3 heterocycles. The van der Waals surface area contributed by atoms with E-state index in [1.54, 1.807) is 15.8 Å². The zero-order valence-electron chi connectivity index (χ0n) is 18.0. The van der Waals surface area contributed by atoms with E-state index in [0.29, 0.717) is 19.8 Å². The molecule has 8 heteroatoms. The minimum Gasteiger partial charge on any atom is -0.502 e. The van der Waals surface area contributed by atoms with Crippen molar-refractivity contribution in [2.24, 2.45) is 0 Å². The van der Waals surface area contributed by atoms with E-state index < -0.39 is 11.2 Å². The van der Waals surface area contributed by atoms with E-state index in [1.165, 1.54) is 6.07 Å². The van der Waals surface area contributed by atoms with E-state index in [1.807, 2.05) is 59.6 Å². The SMILES string of the molecule is O=C1c2c(O)c(=O)ccn2N2CN1CCC[C@@H](S)COc1ccccc1[C@@H]2c1ccccc1. The molecule has 0 saturated heterocycles. The van der Waals surface area contributed by atoms with Crippen LogP contribution < -0.4 is 15.2 Å². The summed E-state index contributed by atoms with van der Waals surface area (Å²) in [6.07, 6.45) is 3.05. The average molecular weight is 464 g/mol. The third-order valence-electron chi connectivity index (χ3n) is 6.16. The van der Waals surface area contributed by atoms with Crippen molar-refractivity contribution in [3.8, 4) is 11.5 Å². The Morgan fingerprint density at radius 2 is 1.76 bits per heavy atom. The van der Waals surface area contributed by atoms with Crippen molar-refractivity contribution in [2.45, 2.75) is 24.1 Å². The van der Waals surface area contributed by atoms with Gasteiger partial charge in [0, 0.05) is 29.6 Å². The Hall–Kier alpha value is -3.39. The highest BCUT2D eigenvalue weighted by Crippen LogP contribution is 2.37. The number of hydrogen-bond donors (Lipinski definition) is 2. The second kappa shape index (κ2) is 8.86. The van der Waals surface area contributed by atoms with Crippen LogP contribution in [-0.2, 0) is 0 Å². The van der Waals surface area contributed by atoms with Gasteiger partial charge in [0.25, 0.3) is 5.91 Å². The number of carbonyl (C=O) groups excluding carboxylic acids is 1. The maximum Gasteiger partial charge on any atom is 0.277 e. The minimum atomic E-state index is -0.576. The quantitative estimate of drug-likeness (QED) is 0.543. The lowest BCUT2D eigenvalue weighted by atomic mass is 9.97. The van der Waals surface area contributed by atoms with E-state index in [0.717, 1.165) is 29.7 Å². The molecule has 1 amide bonds. The number of carbonyl (C=O) groups is 1. The van der Waals surface area contributed by atoms with Crippen LogP contribution in [0.1, 0.15) is 40.5 Å². The Morgan fingerprint density at radius 1 is 1.00 bits per heavy atom. The van der Waals surface area contributed by atoms with Crippen LogP contribution in [0.2, 0.25) is 0 Å². The predicted octanol–water partition coefficient (Wildman–Crippen LogP) is 3.17. The van der Waals surface area contributed by atoms with Gasteiger partial charge in [-0.25, -0.2) is 0 Å². The number of ether oxygens (including phenoxy) is 1. The lowest BCUT2D eigenvalue weighted by Crippen LogP contribution is -2.55. The number of amides is 1.